The maximum Gasteiger partial charge on any atom is 0.158 e. The van der Waals surface area contributed by atoms with Gasteiger partial charge in [-0.05, 0) is 46.5 Å². The molecule has 133 heavy (non-hydrogen) atoms. The second-order valence-corrected chi connectivity index (χ2v) is 196. The van der Waals surface area contributed by atoms with Crippen molar-refractivity contribution in [2.24, 2.45) is 0 Å². The van der Waals surface area contributed by atoms with E-state index in [1.165, 1.54) is 40.0 Å². The predicted molar refractivity (Wildman–Crippen MR) is 887 cm³/mol. The van der Waals surface area contributed by atoms with E-state index in [4.69, 9.17) is 26.8 Å². The standard InChI is InChI=1S/C27H21NO.S104/c1-27(2)22-11-5-3-8-18(22)19-15-14-17(16-23(19)27)28-24-12-7-10-21-20-9-4-6-13-25(20)29-26(21)24;1-3-5-7-9-11-13-15-17-19-21-23-25-27-29-31-33-35-37-39-41-43-45-47-49-51-53-55-57-59-61-63-65-67-69-71-73-75-77-79-81-83-85-87-89-91-93-95-97-99-101-103-104-102-100-98-96-94-92-90-88-86-84-82-80-78-76-74-72-70-68-66-64-62-60-58-56-54-52-50-48-46-44-42-40-38-36-34-32-30-28-26-24-22-20-18-16-14-12-10-8-6-4-2/h3-16,28H,1-2H3;. The van der Waals surface area contributed by atoms with E-state index in [0.29, 0.717) is 0 Å². The van der Waals surface area contributed by atoms with E-state index in [1.807, 2.05) is 794 Å². The predicted octanol–water partition coefficient (Wildman–Crippen LogP) is 7.39. The van der Waals surface area contributed by atoms with E-state index in [0.717, 1.165) is 33.3 Å². The largest absolute Gasteiger partial charge is 0.454 e. The molecule has 1 N–H and O–H groups in total. The van der Waals surface area contributed by atoms with Gasteiger partial charge in [-0.2, -0.15) is 0 Å². The van der Waals surface area contributed by atoms with Crippen molar-refractivity contribution >= 4 is 961 Å². The molecular formula is C27H21NOS104. The van der Waals surface area contributed by atoms with Crippen molar-refractivity contribution in [1.29, 1.82) is 0 Å². The SMILES string of the molecule is CC1(C)c2ccccc2-c2ccc(Nc3cccc4c3oc3ccccc34)cc21.S=S=S=S=S=S=S=S=S=S=S=S=S=S=S=S=S=S=S=S=S=S=S=S=S=S=S=S=S=S=S=S=S=S=S=S=S=S=S=S=S=S=S=S=S=S=S=S=S=S=S=S=S=S=S=S=S=S=S=S=S=S=S=S=S=S=S=S=S=S=S=S=S=S=S=S=S=S=S=S=S=S=S=S=S=S=S=S=S=S=S=S=S=S=S=S=S=S=S=S=S=S=S=S. The molecule has 5 aromatic rings. The Hall–Kier alpha value is 19.4. The van der Waals surface area contributed by atoms with Gasteiger partial charge in [-0.15, -0.1) is 0 Å². The third-order valence-corrected chi connectivity index (χ3v) is 234. The number of fused-ring (bicyclic) bond motifs is 6. The molecule has 1 aliphatic carbocycles. The number of hydrogen-bond acceptors (Lipinski definition) is 4. The molecule has 0 amide bonds. The van der Waals surface area contributed by atoms with Crippen LogP contribution < -0.4 is 5.32 Å². The fourth-order valence-corrected chi connectivity index (χ4v) is 280. The van der Waals surface area contributed by atoms with Crippen molar-refractivity contribution < 1.29 is 4.42 Å². The van der Waals surface area contributed by atoms with Crippen molar-refractivity contribution in [3.05, 3.63) is 96.1 Å². The molecular weight excluding hydrogens is 3690 g/mol. The molecule has 0 aliphatic heterocycles. The highest BCUT2D eigenvalue weighted by Crippen LogP contribution is 2.49. The van der Waals surface area contributed by atoms with Gasteiger partial charge in [0, 0.05) is 950 Å². The maximum atomic E-state index is 6.18. The van der Waals surface area contributed by atoms with Crippen molar-refractivity contribution in [3.63, 3.8) is 0 Å². The molecule has 6 rings (SSSR count). The molecule has 0 fully saturated rings. The first kappa shape index (κ1) is 143. The lowest BCUT2D eigenvalue weighted by atomic mass is 9.82. The molecule has 2 nitrogen and oxygen atoms in total. The van der Waals surface area contributed by atoms with Gasteiger partial charge in [0.25, 0.3) is 0 Å². The Balaban J connectivity index is 0.000000886. The van der Waals surface area contributed by atoms with Gasteiger partial charge >= 0.3 is 0 Å². The maximum absolute atomic E-state index is 6.18. The molecule has 0 atom stereocenters. The Morgan fingerprint density at radius 1 is 0.188 bits per heavy atom. The summed E-state index contributed by atoms with van der Waals surface area (Å²) in [5.74, 6) is 0. The lowest BCUT2D eigenvalue weighted by molar-refractivity contribution is 0.660. The summed E-state index contributed by atoms with van der Waals surface area (Å²) in [6, 6.07) is 29.9. The van der Waals surface area contributed by atoms with Crippen LogP contribution in [-0.2, 0) is 934 Å². The summed E-state index contributed by atoms with van der Waals surface area (Å²) in [6.45, 7) is 4.61. The molecule has 0 spiro atoms. The van der Waals surface area contributed by atoms with Gasteiger partial charge in [0.1, 0.15) is 5.58 Å². The van der Waals surface area contributed by atoms with E-state index in [2.05, 4.69) is 92.0 Å². The van der Waals surface area contributed by atoms with Crippen molar-refractivity contribution in [3.8, 4) is 11.1 Å². The third kappa shape index (κ3) is 86.7. The van der Waals surface area contributed by atoms with Gasteiger partial charge in [-0.1, -0.05) is 74.5 Å². The van der Waals surface area contributed by atoms with E-state index in [1.54, 1.807) is 107 Å². The fourth-order valence-electron chi connectivity index (χ4n) is 5.92. The van der Waals surface area contributed by atoms with Gasteiger partial charge in [0.05, 0.1) is 5.69 Å². The van der Waals surface area contributed by atoms with Crippen LogP contribution in [0.5, 0.6) is 0 Å². The highest BCUT2D eigenvalue weighted by Gasteiger charge is 2.35. The number of rotatable bonds is 2. The van der Waals surface area contributed by atoms with Crippen LogP contribution in [0.15, 0.2) is 89.3 Å². The molecule has 1 heterocycles. The summed E-state index contributed by atoms with van der Waals surface area (Å²) < 4.78 is 6.18. The Kier molecular flexibility index (Phi) is 122. The van der Waals surface area contributed by atoms with E-state index >= 15 is 0 Å². The van der Waals surface area contributed by atoms with Crippen LogP contribution in [0.25, 0.3) is 33.1 Å². The highest BCUT2D eigenvalue weighted by molar-refractivity contribution is 8.88. The molecule has 764 valence electrons. The molecule has 0 saturated carbocycles. The van der Waals surface area contributed by atoms with Crippen LogP contribution >= 0.6 is 0 Å². The summed E-state index contributed by atoms with van der Waals surface area (Å²) in [5, 5.41) is 5.90. The van der Waals surface area contributed by atoms with Crippen molar-refractivity contribution in [1.82, 2.24) is 0 Å². The van der Waals surface area contributed by atoms with Crippen LogP contribution in [-0.4, -0.2) is 0 Å². The van der Waals surface area contributed by atoms with Gasteiger partial charge in [-0.25, -0.2) is 0 Å². The fraction of sp³-hybridized carbons (Fsp3) is 0.111. The summed E-state index contributed by atoms with van der Waals surface area (Å²) in [7, 11) is 185. The minimum Gasteiger partial charge on any atom is -0.454 e. The van der Waals surface area contributed by atoms with E-state index in [9.17, 15) is 0 Å². The topological polar surface area (TPSA) is 25.2 Å². The average molecular weight is 3710 g/mol. The zero-order valence-electron chi connectivity index (χ0n) is 58.9. The number of para-hydroxylation sites is 2. The molecule has 4 aromatic carbocycles. The lowest BCUT2D eigenvalue weighted by Gasteiger charge is -2.22. The number of furan rings is 1. The molecule has 1 aromatic heterocycles. The minimum absolute atomic E-state index is 0.00497. The zero-order valence-corrected chi connectivity index (χ0v) is 144. The second kappa shape index (κ2) is 114. The van der Waals surface area contributed by atoms with E-state index < -0.39 is 0 Å². The molecule has 106 heteroatoms. The van der Waals surface area contributed by atoms with Gasteiger partial charge < -0.3 is 9.73 Å². The summed E-state index contributed by atoms with van der Waals surface area (Å²) >= 11 is 9.66. The van der Waals surface area contributed by atoms with Crippen LogP contribution in [0.1, 0.15) is 25.0 Å². The molecule has 0 radical (unpaired) electrons. The third-order valence-electron chi connectivity index (χ3n) is 9.07. The molecule has 0 saturated heterocycles. The Morgan fingerprint density at radius 2 is 0.376 bits per heavy atom. The van der Waals surface area contributed by atoms with Crippen LogP contribution in [0.2, 0.25) is 0 Å². The molecule has 0 unspecified atom stereocenters. The number of hydrogen-bond donors (Lipinski definition) is 1. The van der Waals surface area contributed by atoms with Gasteiger partial charge in [-0.3, -0.25) is 0 Å². The smallest absolute Gasteiger partial charge is 0.158 e. The lowest BCUT2D eigenvalue weighted by Crippen LogP contribution is -2.15. The van der Waals surface area contributed by atoms with Crippen LogP contribution in [0, 0.1) is 0 Å². The normalized spacial score (nSPS) is 9.25. The minimum atomic E-state index is -0.00497. The van der Waals surface area contributed by atoms with Crippen LogP contribution in [0.4, 0.5) is 11.4 Å². The first-order valence-corrected chi connectivity index (χ1v) is 165. The highest BCUT2D eigenvalue weighted by atomic mass is 33.6. The quantitative estimate of drug-likeness (QED) is 0.200. The zero-order chi connectivity index (χ0) is 93.7. The summed E-state index contributed by atoms with van der Waals surface area (Å²) in [6.07, 6.45) is 0. The molecule has 1 aliphatic rings. The Bertz CT molecular complexity index is 10200. The number of nitrogens with one attached hydrogen (secondary N) is 1. The van der Waals surface area contributed by atoms with Crippen LogP contribution in [0.3, 0.4) is 0 Å². The number of anilines is 2. The average Bonchev–Trinajstić information content (AvgIpc) is 1.58. The summed E-state index contributed by atoms with van der Waals surface area (Å²) in [4.78, 5) is 0. The second-order valence-electron chi connectivity index (χ2n) is 15.3. The Morgan fingerprint density at radius 3 is 0.602 bits per heavy atom. The van der Waals surface area contributed by atoms with Crippen molar-refractivity contribution in [2.45, 2.75) is 19.3 Å². The first-order chi connectivity index (χ1) is 66.0. The first-order valence-electron chi connectivity index (χ1n) is 27.2. The van der Waals surface area contributed by atoms with Gasteiger partial charge in [0.15, 0.2) is 5.58 Å². The van der Waals surface area contributed by atoms with E-state index in [-0.39, 0.29) is 5.41 Å². The summed E-state index contributed by atoms with van der Waals surface area (Å²) in [5.41, 5.74) is 9.32. The number of benzene rings is 4. The molecule has 0 bridgehead atoms. The van der Waals surface area contributed by atoms with Gasteiger partial charge in [0.2, 0.25) is 0 Å². The Labute approximate surface area is 1070 Å². The van der Waals surface area contributed by atoms with Crippen molar-refractivity contribution in [2.75, 3.05) is 5.32 Å². The monoisotopic (exact) mass is 3700 g/mol.